The van der Waals surface area contributed by atoms with Gasteiger partial charge in [-0.1, -0.05) is 15.9 Å². The molecule has 108 valence electrons. The molecule has 0 unspecified atom stereocenters. The highest BCUT2D eigenvalue weighted by Gasteiger charge is 2.06. The van der Waals surface area contributed by atoms with E-state index < -0.39 is 5.97 Å². The number of rotatable bonds is 4. The van der Waals surface area contributed by atoms with Crippen molar-refractivity contribution in [3.05, 3.63) is 63.9 Å². The van der Waals surface area contributed by atoms with E-state index in [1.807, 2.05) is 0 Å². The molecule has 2 aromatic carbocycles. The fourth-order valence-corrected chi connectivity index (χ4v) is 2.09. The molecule has 0 aliphatic heterocycles. The number of aryl methyl sites for hydroxylation is 1. The predicted octanol–water partition coefficient (Wildman–Crippen LogP) is 4.79. The average molecular weight is 351 g/mol. The van der Waals surface area contributed by atoms with Crippen LogP contribution in [0.25, 0.3) is 6.08 Å². The van der Waals surface area contributed by atoms with Crippen molar-refractivity contribution in [2.75, 3.05) is 0 Å². The van der Waals surface area contributed by atoms with Gasteiger partial charge in [-0.2, -0.15) is 0 Å². The minimum Gasteiger partial charge on any atom is -0.478 e. The number of hydrogen-bond acceptors (Lipinski definition) is 2. The van der Waals surface area contributed by atoms with Gasteiger partial charge in [-0.3, -0.25) is 0 Å². The van der Waals surface area contributed by atoms with Crippen LogP contribution in [0.1, 0.15) is 11.1 Å². The van der Waals surface area contributed by atoms with Crippen LogP contribution in [0.3, 0.4) is 0 Å². The zero-order chi connectivity index (χ0) is 15.4. The van der Waals surface area contributed by atoms with Crippen LogP contribution in [0.2, 0.25) is 0 Å². The summed E-state index contributed by atoms with van der Waals surface area (Å²) >= 11 is 3.32. The van der Waals surface area contributed by atoms with Crippen molar-refractivity contribution >= 4 is 28.0 Å². The number of benzene rings is 2. The topological polar surface area (TPSA) is 46.5 Å². The van der Waals surface area contributed by atoms with E-state index >= 15 is 0 Å². The molecule has 2 aromatic rings. The summed E-state index contributed by atoms with van der Waals surface area (Å²) in [7, 11) is 0. The molecule has 0 saturated carbocycles. The number of carboxylic acids is 1. The van der Waals surface area contributed by atoms with E-state index in [0.29, 0.717) is 22.6 Å². The highest BCUT2D eigenvalue weighted by atomic mass is 79.9. The lowest BCUT2D eigenvalue weighted by atomic mass is 10.2. The van der Waals surface area contributed by atoms with Crippen LogP contribution >= 0.6 is 15.9 Å². The maximum atomic E-state index is 13.2. The van der Waals surface area contributed by atoms with Crippen LogP contribution in [-0.2, 0) is 4.79 Å². The van der Waals surface area contributed by atoms with Gasteiger partial charge < -0.3 is 9.84 Å². The Labute approximate surface area is 129 Å². The Morgan fingerprint density at radius 1 is 1.29 bits per heavy atom. The summed E-state index contributed by atoms with van der Waals surface area (Å²) in [5, 5.41) is 8.71. The van der Waals surface area contributed by atoms with Gasteiger partial charge in [0.1, 0.15) is 17.3 Å². The van der Waals surface area contributed by atoms with E-state index in [-0.39, 0.29) is 5.82 Å². The maximum absolute atomic E-state index is 13.2. The highest BCUT2D eigenvalue weighted by Crippen LogP contribution is 2.29. The summed E-state index contributed by atoms with van der Waals surface area (Å²) in [6.45, 7) is 1.65. The maximum Gasteiger partial charge on any atom is 0.328 e. The molecule has 0 bridgehead atoms. The van der Waals surface area contributed by atoms with Crippen molar-refractivity contribution in [3.8, 4) is 11.5 Å². The SMILES string of the molecule is Cc1cc(Oc2ccc(Br)cc2/C=C/C(=O)O)ccc1F. The Balaban J connectivity index is 2.34. The average Bonchev–Trinajstić information content (AvgIpc) is 2.43. The molecule has 0 aliphatic rings. The molecule has 0 aromatic heterocycles. The fraction of sp³-hybridized carbons (Fsp3) is 0.0625. The van der Waals surface area contributed by atoms with Gasteiger partial charge in [-0.15, -0.1) is 0 Å². The summed E-state index contributed by atoms with van der Waals surface area (Å²) in [5.74, 6) is -0.370. The summed E-state index contributed by atoms with van der Waals surface area (Å²) in [4.78, 5) is 10.6. The number of aliphatic carboxylic acids is 1. The van der Waals surface area contributed by atoms with Gasteiger partial charge in [-0.25, -0.2) is 9.18 Å². The third-order valence-corrected chi connectivity index (χ3v) is 3.23. The van der Waals surface area contributed by atoms with E-state index in [4.69, 9.17) is 9.84 Å². The predicted molar refractivity (Wildman–Crippen MR) is 82.0 cm³/mol. The number of halogens is 2. The van der Waals surface area contributed by atoms with E-state index in [1.165, 1.54) is 18.2 Å². The van der Waals surface area contributed by atoms with Gasteiger partial charge >= 0.3 is 5.97 Å². The Morgan fingerprint density at radius 3 is 2.71 bits per heavy atom. The first-order valence-electron chi connectivity index (χ1n) is 6.10. The number of hydrogen-bond donors (Lipinski definition) is 1. The molecule has 21 heavy (non-hydrogen) atoms. The van der Waals surface area contributed by atoms with Crippen LogP contribution in [-0.4, -0.2) is 11.1 Å². The van der Waals surface area contributed by atoms with Gasteiger partial charge in [0.2, 0.25) is 0 Å². The van der Waals surface area contributed by atoms with Gasteiger partial charge in [0.05, 0.1) is 0 Å². The standard InChI is InChI=1S/C16H12BrFO3/c1-10-8-13(4-5-14(10)18)21-15-6-3-12(17)9-11(15)2-7-16(19)20/h2-9H,1H3,(H,19,20)/b7-2+. The molecule has 0 saturated heterocycles. The summed E-state index contributed by atoms with van der Waals surface area (Å²) < 4.78 is 19.7. The van der Waals surface area contributed by atoms with Crippen LogP contribution in [0, 0.1) is 12.7 Å². The van der Waals surface area contributed by atoms with Gasteiger partial charge in [0.15, 0.2) is 0 Å². The molecule has 0 fully saturated rings. The third kappa shape index (κ3) is 4.16. The summed E-state index contributed by atoms with van der Waals surface area (Å²) in [6, 6.07) is 9.67. The molecule has 0 aliphatic carbocycles. The largest absolute Gasteiger partial charge is 0.478 e. The Morgan fingerprint density at radius 2 is 2.05 bits per heavy atom. The monoisotopic (exact) mass is 350 g/mol. The molecule has 3 nitrogen and oxygen atoms in total. The second-order valence-electron chi connectivity index (χ2n) is 4.37. The summed E-state index contributed by atoms with van der Waals surface area (Å²) in [6.07, 6.45) is 2.48. The highest BCUT2D eigenvalue weighted by molar-refractivity contribution is 9.10. The van der Waals surface area contributed by atoms with E-state index in [9.17, 15) is 9.18 Å². The molecule has 2 rings (SSSR count). The molecular weight excluding hydrogens is 339 g/mol. The fourth-order valence-electron chi connectivity index (χ4n) is 1.71. The Hall–Kier alpha value is -2.14. The summed E-state index contributed by atoms with van der Waals surface area (Å²) in [5.41, 5.74) is 1.08. The first-order valence-corrected chi connectivity index (χ1v) is 6.89. The first-order chi connectivity index (χ1) is 9.95. The third-order valence-electron chi connectivity index (χ3n) is 2.73. The first kappa shape index (κ1) is 15.3. The number of carbonyl (C=O) groups is 1. The number of carboxylic acid groups (broad SMARTS) is 1. The molecule has 0 spiro atoms. The molecular formula is C16H12BrFO3. The van der Waals surface area contributed by atoms with Gasteiger partial charge in [0, 0.05) is 16.1 Å². The second-order valence-corrected chi connectivity index (χ2v) is 5.28. The van der Waals surface area contributed by atoms with E-state index in [0.717, 1.165) is 10.5 Å². The Bertz CT molecular complexity index is 711. The normalized spacial score (nSPS) is 10.8. The van der Waals surface area contributed by atoms with Gasteiger partial charge in [-0.05, 0) is 55.0 Å². The van der Waals surface area contributed by atoms with E-state index in [2.05, 4.69) is 15.9 Å². The lowest BCUT2D eigenvalue weighted by Gasteiger charge is -2.10. The van der Waals surface area contributed by atoms with Crippen LogP contribution in [0.15, 0.2) is 46.9 Å². The zero-order valence-corrected chi connectivity index (χ0v) is 12.7. The molecule has 5 heteroatoms. The van der Waals surface area contributed by atoms with Crippen molar-refractivity contribution in [2.45, 2.75) is 6.92 Å². The van der Waals surface area contributed by atoms with Crippen molar-refractivity contribution in [1.82, 2.24) is 0 Å². The number of ether oxygens (including phenoxy) is 1. The minimum atomic E-state index is -1.04. The lowest BCUT2D eigenvalue weighted by Crippen LogP contribution is -1.91. The van der Waals surface area contributed by atoms with Gasteiger partial charge in [0.25, 0.3) is 0 Å². The van der Waals surface area contributed by atoms with Crippen LogP contribution in [0.4, 0.5) is 4.39 Å². The quantitative estimate of drug-likeness (QED) is 0.806. The molecule has 0 heterocycles. The molecule has 0 amide bonds. The molecule has 1 N–H and O–H groups in total. The minimum absolute atomic E-state index is 0.302. The second kappa shape index (κ2) is 6.54. The lowest BCUT2D eigenvalue weighted by molar-refractivity contribution is -0.131. The molecule has 0 radical (unpaired) electrons. The van der Waals surface area contributed by atoms with Crippen LogP contribution < -0.4 is 4.74 Å². The molecule has 0 atom stereocenters. The van der Waals surface area contributed by atoms with E-state index in [1.54, 1.807) is 31.2 Å². The zero-order valence-electron chi connectivity index (χ0n) is 11.1. The van der Waals surface area contributed by atoms with Crippen molar-refractivity contribution < 1.29 is 19.0 Å². The van der Waals surface area contributed by atoms with Crippen molar-refractivity contribution in [1.29, 1.82) is 0 Å². The van der Waals surface area contributed by atoms with Crippen molar-refractivity contribution in [3.63, 3.8) is 0 Å². The Kier molecular flexibility index (Phi) is 4.75. The van der Waals surface area contributed by atoms with Crippen molar-refractivity contribution in [2.24, 2.45) is 0 Å². The van der Waals surface area contributed by atoms with Crippen LogP contribution in [0.5, 0.6) is 11.5 Å². The smallest absolute Gasteiger partial charge is 0.328 e.